The number of halogens is 1. The molecule has 29 heavy (non-hydrogen) atoms. The summed E-state index contributed by atoms with van der Waals surface area (Å²) in [5.74, 6) is 0.330. The van der Waals surface area contributed by atoms with E-state index < -0.39 is 0 Å². The number of benzene rings is 2. The largest absolute Gasteiger partial charge is 0.354 e. The Hall–Kier alpha value is -2.24. The quantitative estimate of drug-likeness (QED) is 0.682. The lowest BCUT2D eigenvalue weighted by Crippen LogP contribution is -2.45. The molecule has 1 heterocycles. The van der Waals surface area contributed by atoms with Crippen LogP contribution in [0.2, 0.25) is 0 Å². The Labute approximate surface area is 173 Å². The van der Waals surface area contributed by atoms with E-state index in [2.05, 4.69) is 41.5 Å². The molecule has 2 N–H and O–H groups in total. The van der Waals surface area contributed by atoms with Crippen LogP contribution in [0.15, 0.2) is 54.6 Å². The van der Waals surface area contributed by atoms with Crippen molar-refractivity contribution in [3.63, 3.8) is 0 Å². The second kappa shape index (κ2) is 10.5. The van der Waals surface area contributed by atoms with Crippen LogP contribution < -0.4 is 10.6 Å². The van der Waals surface area contributed by atoms with Gasteiger partial charge in [0.25, 0.3) is 0 Å². The number of nitrogens with zero attached hydrogens (tertiary/aromatic N) is 1. The normalized spacial score (nSPS) is 19.6. The fourth-order valence-corrected chi connectivity index (χ4v) is 3.99. The molecular formula is C24H32FN3O. The molecule has 2 aromatic carbocycles. The number of hydrogen-bond donors (Lipinski definition) is 2. The number of nitrogens with one attached hydrogen (secondary N) is 2. The summed E-state index contributed by atoms with van der Waals surface area (Å²) in [6, 6.07) is 17.2. The van der Waals surface area contributed by atoms with Gasteiger partial charge in [0.15, 0.2) is 0 Å². The molecule has 5 heteroatoms. The summed E-state index contributed by atoms with van der Waals surface area (Å²) in [4.78, 5) is 15.1. The van der Waals surface area contributed by atoms with Crippen LogP contribution in [-0.2, 0) is 17.8 Å². The van der Waals surface area contributed by atoms with Crippen LogP contribution in [0.1, 0.15) is 31.4 Å². The van der Waals surface area contributed by atoms with Gasteiger partial charge in [0.2, 0.25) is 5.91 Å². The van der Waals surface area contributed by atoms with Crippen molar-refractivity contribution in [1.29, 1.82) is 0 Å². The third kappa shape index (κ3) is 6.38. The van der Waals surface area contributed by atoms with Gasteiger partial charge in [-0.3, -0.25) is 9.69 Å². The maximum atomic E-state index is 13.8. The Morgan fingerprint density at radius 2 is 1.86 bits per heavy atom. The summed E-state index contributed by atoms with van der Waals surface area (Å²) in [6.07, 6.45) is 1.30. The lowest BCUT2D eigenvalue weighted by Gasteiger charge is -2.25. The molecule has 0 aliphatic carbocycles. The van der Waals surface area contributed by atoms with Crippen molar-refractivity contribution in [3.8, 4) is 0 Å². The molecule has 0 bridgehead atoms. The van der Waals surface area contributed by atoms with Crippen molar-refractivity contribution in [2.45, 2.75) is 45.3 Å². The topological polar surface area (TPSA) is 44.4 Å². The van der Waals surface area contributed by atoms with Gasteiger partial charge in [0, 0.05) is 32.2 Å². The molecule has 1 aliphatic heterocycles. The van der Waals surface area contributed by atoms with Crippen LogP contribution in [0.4, 0.5) is 4.39 Å². The first-order valence-electron chi connectivity index (χ1n) is 10.6. The summed E-state index contributed by atoms with van der Waals surface area (Å²) < 4.78 is 13.8. The van der Waals surface area contributed by atoms with E-state index in [1.807, 2.05) is 24.3 Å². The van der Waals surface area contributed by atoms with E-state index in [0.717, 1.165) is 26.1 Å². The summed E-state index contributed by atoms with van der Waals surface area (Å²) in [7, 11) is 0. The molecule has 1 saturated heterocycles. The molecule has 3 rings (SSSR count). The number of likely N-dealkylation sites (tertiary alicyclic amines) is 1. The summed E-state index contributed by atoms with van der Waals surface area (Å²) in [5.41, 5.74) is 1.89. The summed E-state index contributed by atoms with van der Waals surface area (Å²) in [6.45, 7) is 7.39. The molecule has 2 aromatic rings. The molecule has 1 fully saturated rings. The molecule has 1 aliphatic rings. The van der Waals surface area contributed by atoms with E-state index in [1.54, 1.807) is 12.1 Å². The Balaban J connectivity index is 1.53. The average molecular weight is 398 g/mol. The minimum absolute atomic E-state index is 0.0472. The van der Waals surface area contributed by atoms with Crippen LogP contribution in [0.25, 0.3) is 0 Å². The van der Waals surface area contributed by atoms with Crippen LogP contribution in [-0.4, -0.2) is 42.5 Å². The van der Waals surface area contributed by atoms with Gasteiger partial charge >= 0.3 is 0 Å². The fraction of sp³-hybridized carbons (Fsp3) is 0.458. The average Bonchev–Trinajstić information content (AvgIpc) is 3.10. The highest BCUT2D eigenvalue weighted by Crippen LogP contribution is 2.20. The van der Waals surface area contributed by atoms with E-state index in [4.69, 9.17) is 0 Å². The first kappa shape index (κ1) is 21.5. The van der Waals surface area contributed by atoms with Crippen LogP contribution in [0.3, 0.4) is 0 Å². The van der Waals surface area contributed by atoms with Gasteiger partial charge in [-0.15, -0.1) is 0 Å². The Bertz CT molecular complexity index is 781. The minimum atomic E-state index is -0.214. The molecule has 0 spiro atoms. The SMILES string of the molecule is CC(C)CN1C[C@H](NCc2ccccc2)C[C@H]1C(=O)NCCc1ccccc1F. The van der Waals surface area contributed by atoms with Crippen molar-refractivity contribution >= 4 is 5.91 Å². The molecule has 0 aromatic heterocycles. The minimum Gasteiger partial charge on any atom is -0.354 e. The standard InChI is InChI=1S/C24H32FN3O/c1-18(2)16-28-17-21(27-15-19-8-4-3-5-9-19)14-23(28)24(29)26-13-12-20-10-6-7-11-22(20)25/h3-11,18,21,23,27H,12-17H2,1-2H3,(H,26,29)/t21-,23+/m1/s1. The maximum absolute atomic E-state index is 13.8. The highest BCUT2D eigenvalue weighted by molar-refractivity contribution is 5.82. The number of amides is 1. The zero-order valence-corrected chi connectivity index (χ0v) is 17.4. The van der Waals surface area contributed by atoms with Crippen molar-refractivity contribution in [3.05, 3.63) is 71.5 Å². The van der Waals surface area contributed by atoms with E-state index in [-0.39, 0.29) is 23.8 Å². The first-order valence-corrected chi connectivity index (χ1v) is 10.6. The van der Waals surface area contributed by atoms with Crippen molar-refractivity contribution in [1.82, 2.24) is 15.5 Å². The van der Waals surface area contributed by atoms with Crippen molar-refractivity contribution in [2.24, 2.45) is 5.92 Å². The molecule has 156 valence electrons. The predicted molar refractivity (Wildman–Crippen MR) is 115 cm³/mol. The molecule has 0 saturated carbocycles. The van der Waals surface area contributed by atoms with Crippen molar-refractivity contribution < 1.29 is 9.18 Å². The van der Waals surface area contributed by atoms with Gasteiger partial charge < -0.3 is 10.6 Å². The molecular weight excluding hydrogens is 365 g/mol. The summed E-state index contributed by atoms with van der Waals surface area (Å²) >= 11 is 0. The smallest absolute Gasteiger partial charge is 0.237 e. The molecule has 2 atom stereocenters. The van der Waals surface area contributed by atoms with Gasteiger partial charge in [-0.1, -0.05) is 62.4 Å². The zero-order chi connectivity index (χ0) is 20.6. The fourth-order valence-electron chi connectivity index (χ4n) is 3.99. The molecule has 0 radical (unpaired) electrons. The molecule has 0 unspecified atom stereocenters. The maximum Gasteiger partial charge on any atom is 0.237 e. The third-order valence-corrected chi connectivity index (χ3v) is 5.39. The zero-order valence-electron chi connectivity index (χ0n) is 17.4. The van der Waals surface area contributed by atoms with Gasteiger partial charge in [-0.05, 0) is 36.0 Å². The molecule has 1 amide bonds. The highest BCUT2D eigenvalue weighted by atomic mass is 19.1. The van der Waals surface area contributed by atoms with E-state index in [0.29, 0.717) is 24.4 Å². The number of carbonyl (C=O) groups excluding carboxylic acids is 1. The Morgan fingerprint density at radius 3 is 2.59 bits per heavy atom. The van der Waals surface area contributed by atoms with Gasteiger partial charge in [-0.2, -0.15) is 0 Å². The van der Waals surface area contributed by atoms with Gasteiger partial charge in [0.1, 0.15) is 5.82 Å². The Kier molecular flexibility index (Phi) is 7.78. The van der Waals surface area contributed by atoms with Crippen LogP contribution in [0, 0.1) is 11.7 Å². The number of hydrogen-bond acceptors (Lipinski definition) is 3. The first-order chi connectivity index (χ1) is 14.0. The Morgan fingerprint density at radius 1 is 1.14 bits per heavy atom. The third-order valence-electron chi connectivity index (χ3n) is 5.39. The van der Waals surface area contributed by atoms with Crippen LogP contribution in [0.5, 0.6) is 0 Å². The monoisotopic (exact) mass is 397 g/mol. The summed E-state index contributed by atoms with van der Waals surface area (Å²) in [5, 5.41) is 6.63. The van der Waals surface area contributed by atoms with Crippen molar-refractivity contribution in [2.75, 3.05) is 19.6 Å². The van der Waals surface area contributed by atoms with Gasteiger partial charge in [-0.25, -0.2) is 4.39 Å². The lowest BCUT2D eigenvalue weighted by atomic mass is 10.1. The second-order valence-electron chi connectivity index (χ2n) is 8.30. The van der Waals surface area contributed by atoms with E-state index in [9.17, 15) is 9.18 Å². The molecule has 4 nitrogen and oxygen atoms in total. The second-order valence-corrected chi connectivity index (χ2v) is 8.30. The van der Waals surface area contributed by atoms with Crippen LogP contribution >= 0.6 is 0 Å². The predicted octanol–water partition coefficient (Wildman–Crippen LogP) is 3.37. The van der Waals surface area contributed by atoms with Gasteiger partial charge in [0.05, 0.1) is 6.04 Å². The van der Waals surface area contributed by atoms with E-state index >= 15 is 0 Å². The highest BCUT2D eigenvalue weighted by Gasteiger charge is 2.36. The number of rotatable bonds is 9. The number of carbonyl (C=O) groups is 1. The lowest BCUT2D eigenvalue weighted by molar-refractivity contribution is -0.125. The van der Waals surface area contributed by atoms with E-state index in [1.165, 1.54) is 11.6 Å².